The van der Waals surface area contributed by atoms with E-state index in [1.807, 2.05) is 0 Å². The number of carbonyl (C=O) groups is 1. The highest BCUT2D eigenvalue weighted by atomic mass is 16.2. The van der Waals surface area contributed by atoms with Gasteiger partial charge in [-0.15, -0.1) is 0 Å². The fourth-order valence-electron chi connectivity index (χ4n) is 1.24. The van der Waals surface area contributed by atoms with Crippen LogP contribution in [0.4, 0.5) is 0 Å². The second-order valence-electron chi connectivity index (χ2n) is 3.60. The molecule has 6 heteroatoms. The van der Waals surface area contributed by atoms with Gasteiger partial charge in [0.05, 0.1) is 6.42 Å². The van der Waals surface area contributed by atoms with E-state index in [1.54, 1.807) is 19.1 Å². The lowest BCUT2D eigenvalue weighted by molar-refractivity contribution is -0.120. The molecule has 15 heavy (non-hydrogen) atoms. The van der Waals surface area contributed by atoms with Gasteiger partial charge in [-0.1, -0.05) is 6.82 Å². The quantitative estimate of drug-likeness (QED) is 0.458. The van der Waals surface area contributed by atoms with Gasteiger partial charge in [-0.25, -0.2) is 0 Å². The smallest absolute Gasteiger partial charge is 0.285 e. The van der Waals surface area contributed by atoms with E-state index >= 15 is 0 Å². The van der Waals surface area contributed by atoms with Gasteiger partial charge in [0.25, 0.3) is 6.92 Å². The summed E-state index contributed by atoms with van der Waals surface area (Å²) in [7, 11) is 0. The number of H-pyrrole nitrogens is 1. The molecule has 0 aliphatic heterocycles. The van der Waals surface area contributed by atoms with Gasteiger partial charge in [0.2, 0.25) is 5.91 Å². The van der Waals surface area contributed by atoms with E-state index in [4.69, 9.17) is 5.02 Å². The van der Waals surface area contributed by atoms with Gasteiger partial charge < -0.3 is 10.3 Å². The average Bonchev–Trinajstić information content (AvgIpc) is 2.64. The first kappa shape index (κ1) is 11.8. The van der Waals surface area contributed by atoms with Crippen molar-refractivity contribution >= 4 is 12.8 Å². The highest BCUT2D eigenvalue weighted by molar-refractivity contribution is 6.48. The number of aromatic nitrogens is 2. The third-order valence-electron chi connectivity index (χ3n) is 2.03. The van der Waals surface area contributed by atoms with Crippen LogP contribution in [-0.4, -0.2) is 34.6 Å². The minimum atomic E-state index is -0.297. The van der Waals surface area contributed by atoms with E-state index in [0.717, 1.165) is 12.1 Å². The zero-order valence-electron chi connectivity index (χ0n) is 8.86. The maximum atomic E-state index is 11.3. The summed E-state index contributed by atoms with van der Waals surface area (Å²) in [5, 5.41) is 18.3. The topological polar surface area (TPSA) is 78.0 Å². The number of rotatable bonds is 6. The molecule has 0 saturated carbocycles. The summed E-state index contributed by atoms with van der Waals surface area (Å²) in [6.07, 6.45) is 3.46. The fourth-order valence-corrected chi connectivity index (χ4v) is 1.24. The van der Waals surface area contributed by atoms with E-state index in [9.17, 15) is 4.79 Å². The summed E-state index contributed by atoms with van der Waals surface area (Å²) in [5.74, 6) is -0.0233. The van der Waals surface area contributed by atoms with E-state index in [0.29, 0.717) is 19.3 Å². The van der Waals surface area contributed by atoms with Crippen LogP contribution in [0.25, 0.3) is 0 Å². The van der Waals surface area contributed by atoms with Crippen LogP contribution < -0.4 is 5.32 Å². The standard InChI is InChI=1S/C9H16BN3O2/c1-10(15)4-2-5-11-9(14)7-8-3-6-12-13-8/h3,6,15H,2,4-5,7H2,1H3,(H,11,14)(H,12,13). The maximum absolute atomic E-state index is 11.3. The van der Waals surface area contributed by atoms with Gasteiger partial charge in [-0.2, -0.15) is 5.10 Å². The van der Waals surface area contributed by atoms with Gasteiger partial charge in [-0.05, 0) is 18.8 Å². The first-order valence-electron chi connectivity index (χ1n) is 5.11. The van der Waals surface area contributed by atoms with Gasteiger partial charge in [0.15, 0.2) is 0 Å². The Hall–Kier alpha value is -1.30. The van der Waals surface area contributed by atoms with Crippen LogP contribution in [-0.2, 0) is 11.2 Å². The van der Waals surface area contributed by atoms with Crippen molar-refractivity contribution < 1.29 is 9.82 Å². The number of amides is 1. The Labute approximate surface area is 89.4 Å². The molecule has 0 aliphatic rings. The van der Waals surface area contributed by atoms with Crippen LogP contribution in [0.3, 0.4) is 0 Å². The summed E-state index contributed by atoms with van der Waals surface area (Å²) in [6, 6.07) is 1.77. The predicted octanol–water partition coefficient (Wildman–Crippen LogP) is 0.0721. The molecule has 0 aliphatic carbocycles. The average molecular weight is 209 g/mol. The predicted molar refractivity (Wildman–Crippen MR) is 58.6 cm³/mol. The lowest BCUT2D eigenvalue weighted by Gasteiger charge is -2.04. The Morgan fingerprint density at radius 2 is 2.53 bits per heavy atom. The molecule has 5 nitrogen and oxygen atoms in total. The summed E-state index contributed by atoms with van der Waals surface area (Å²) >= 11 is 0. The second-order valence-corrected chi connectivity index (χ2v) is 3.60. The molecule has 1 heterocycles. The van der Waals surface area contributed by atoms with Crippen molar-refractivity contribution in [2.24, 2.45) is 0 Å². The molecule has 1 aromatic heterocycles. The zero-order valence-corrected chi connectivity index (χ0v) is 8.86. The largest absolute Gasteiger partial charge is 0.451 e. The number of aromatic amines is 1. The summed E-state index contributed by atoms with van der Waals surface area (Å²) in [4.78, 5) is 11.3. The number of nitrogens with zero attached hydrogens (tertiary/aromatic N) is 1. The van der Waals surface area contributed by atoms with Crippen molar-refractivity contribution in [2.75, 3.05) is 6.54 Å². The fraction of sp³-hybridized carbons (Fsp3) is 0.556. The van der Waals surface area contributed by atoms with Gasteiger partial charge in [0, 0.05) is 18.4 Å². The van der Waals surface area contributed by atoms with E-state index < -0.39 is 0 Å². The van der Waals surface area contributed by atoms with Crippen molar-refractivity contribution in [3.8, 4) is 0 Å². The van der Waals surface area contributed by atoms with E-state index in [2.05, 4.69) is 15.5 Å². The Morgan fingerprint density at radius 3 is 3.13 bits per heavy atom. The molecule has 1 aromatic rings. The third-order valence-corrected chi connectivity index (χ3v) is 2.03. The van der Waals surface area contributed by atoms with Crippen molar-refractivity contribution in [3.63, 3.8) is 0 Å². The highest BCUT2D eigenvalue weighted by Crippen LogP contribution is 1.95. The molecule has 1 rings (SSSR count). The normalized spacial score (nSPS) is 10.0. The van der Waals surface area contributed by atoms with Crippen LogP contribution in [0, 0.1) is 0 Å². The van der Waals surface area contributed by atoms with Gasteiger partial charge in [0.1, 0.15) is 0 Å². The molecule has 0 radical (unpaired) electrons. The molecule has 0 spiro atoms. The highest BCUT2D eigenvalue weighted by Gasteiger charge is 2.05. The Kier molecular flexibility index (Phi) is 4.90. The molecule has 1 amide bonds. The molecular weight excluding hydrogens is 193 g/mol. The zero-order chi connectivity index (χ0) is 11.1. The van der Waals surface area contributed by atoms with Crippen molar-refractivity contribution in [1.82, 2.24) is 15.5 Å². The van der Waals surface area contributed by atoms with Crippen LogP contribution in [0.5, 0.6) is 0 Å². The van der Waals surface area contributed by atoms with E-state index in [1.165, 1.54) is 0 Å². The Balaban J connectivity index is 2.09. The van der Waals surface area contributed by atoms with Crippen molar-refractivity contribution in [1.29, 1.82) is 0 Å². The monoisotopic (exact) mass is 209 g/mol. The van der Waals surface area contributed by atoms with Gasteiger partial charge >= 0.3 is 0 Å². The molecule has 82 valence electrons. The van der Waals surface area contributed by atoms with E-state index in [-0.39, 0.29) is 12.8 Å². The SMILES string of the molecule is CB(O)CCCNC(=O)Cc1ccn[nH]1. The summed E-state index contributed by atoms with van der Waals surface area (Å²) in [5.41, 5.74) is 0.808. The molecule has 0 fully saturated rings. The minimum absolute atomic E-state index is 0.0233. The van der Waals surface area contributed by atoms with Crippen LogP contribution in [0.2, 0.25) is 13.1 Å². The Morgan fingerprint density at radius 1 is 1.73 bits per heavy atom. The minimum Gasteiger partial charge on any atom is -0.451 e. The van der Waals surface area contributed by atoms with Crippen molar-refractivity contribution in [3.05, 3.63) is 18.0 Å². The first-order valence-corrected chi connectivity index (χ1v) is 5.11. The molecule has 0 unspecified atom stereocenters. The number of hydrogen-bond donors (Lipinski definition) is 3. The number of hydrogen-bond acceptors (Lipinski definition) is 3. The third kappa shape index (κ3) is 5.22. The molecule has 0 atom stereocenters. The lowest BCUT2D eigenvalue weighted by atomic mass is 9.67. The summed E-state index contributed by atoms with van der Waals surface area (Å²) < 4.78 is 0. The van der Waals surface area contributed by atoms with Crippen LogP contribution in [0.15, 0.2) is 12.3 Å². The first-order chi connectivity index (χ1) is 7.18. The van der Waals surface area contributed by atoms with Crippen molar-refractivity contribution in [2.45, 2.75) is 26.0 Å². The maximum Gasteiger partial charge on any atom is 0.285 e. The molecule has 0 saturated heterocycles. The van der Waals surface area contributed by atoms with Crippen LogP contribution in [0.1, 0.15) is 12.1 Å². The molecule has 0 bridgehead atoms. The summed E-state index contributed by atoms with van der Waals surface area (Å²) in [6.45, 7) is 2.05. The van der Waals surface area contributed by atoms with Crippen LogP contribution >= 0.6 is 0 Å². The van der Waals surface area contributed by atoms with Gasteiger partial charge in [-0.3, -0.25) is 9.89 Å². The molecule has 0 aromatic carbocycles. The second kappa shape index (κ2) is 6.24. The number of nitrogens with one attached hydrogen (secondary N) is 2. The lowest BCUT2D eigenvalue weighted by Crippen LogP contribution is -2.26. The Bertz CT molecular complexity index is 288. The molecular formula is C9H16BN3O2. The number of carbonyl (C=O) groups excluding carboxylic acids is 1. The molecule has 3 N–H and O–H groups in total.